The second kappa shape index (κ2) is 7.26. The molecule has 6 heteroatoms. The van der Waals surface area contributed by atoms with Gasteiger partial charge in [-0.2, -0.15) is 0 Å². The highest BCUT2D eigenvalue weighted by molar-refractivity contribution is 6.32. The minimum absolute atomic E-state index is 0.247. The van der Waals surface area contributed by atoms with E-state index >= 15 is 0 Å². The van der Waals surface area contributed by atoms with Crippen LogP contribution >= 0.6 is 11.6 Å². The fourth-order valence-corrected chi connectivity index (χ4v) is 3.96. The normalized spacial score (nSPS) is 25.9. The summed E-state index contributed by atoms with van der Waals surface area (Å²) in [5.74, 6) is 1.38. The standard InChI is InChI=1S/C17H25ClN2O3/c1-22-16-8-17(23-2)13(18)7-12(16)9-19-10-14(15(21)11-19)20-5-3-4-6-20/h7-8,14-15,21H,3-6,9-11H2,1-2H3/t14-,15-/m0/s1. The quantitative estimate of drug-likeness (QED) is 0.888. The van der Waals surface area contributed by atoms with Crippen LogP contribution in [-0.4, -0.2) is 67.5 Å². The molecule has 2 aliphatic heterocycles. The predicted octanol–water partition coefficient (Wildman–Crippen LogP) is 2.00. The maximum Gasteiger partial charge on any atom is 0.141 e. The highest BCUT2D eigenvalue weighted by atomic mass is 35.5. The first-order valence-corrected chi connectivity index (χ1v) is 8.55. The third kappa shape index (κ3) is 3.58. The Morgan fingerprint density at radius 2 is 1.83 bits per heavy atom. The van der Waals surface area contributed by atoms with E-state index in [9.17, 15) is 5.11 Å². The van der Waals surface area contributed by atoms with Gasteiger partial charge in [0.2, 0.25) is 0 Å². The first-order valence-electron chi connectivity index (χ1n) is 8.17. The molecule has 1 aromatic rings. The van der Waals surface area contributed by atoms with Crippen molar-refractivity contribution in [2.45, 2.75) is 31.5 Å². The van der Waals surface area contributed by atoms with E-state index in [1.165, 1.54) is 12.8 Å². The van der Waals surface area contributed by atoms with E-state index in [-0.39, 0.29) is 12.1 Å². The second-order valence-corrected chi connectivity index (χ2v) is 6.78. The van der Waals surface area contributed by atoms with Crippen LogP contribution in [0.1, 0.15) is 18.4 Å². The zero-order valence-electron chi connectivity index (χ0n) is 13.8. The molecular weight excluding hydrogens is 316 g/mol. The van der Waals surface area contributed by atoms with Crippen LogP contribution in [-0.2, 0) is 6.54 Å². The van der Waals surface area contributed by atoms with Gasteiger partial charge in [0.05, 0.1) is 25.3 Å². The number of aliphatic hydroxyl groups is 1. The lowest BCUT2D eigenvalue weighted by Gasteiger charge is -2.25. The molecule has 2 saturated heterocycles. The van der Waals surface area contributed by atoms with Crippen molar-refractivity contribution >= 4 is 11.6 Å². The van der Waals surface area contributed by atoms with Crippen molar-refractivity contribution in [2.75, 3.05) is 40.4 Å². The second-order valence-electron chi connectivity index (χ2n) is 6.37. The maximum absolute atomic E-state index is 10.4. The molecule has 0 saturated carbocycles. The number of likely N-dealkylation sites (tertiary alicyclic amines) is 2. The summed E-state index contributed by atoms with van der Waals surface area (Å²) in [5, 5.41) is 11.0. The van der Waals surface area contributed by atoms with Gasteiger partial charge in [-0.15, -0.1) is 0 Å². The molecule has 2 heterocycles. The Hall–Kier alpha value is -1.01. The number of halogens is 1. The summed E-state index contributed by atoms with van der Waals surface area (Å²) in [4.78, 5) is 4.69. The van der Waals surface area contributed by atoms with Gasteiger partial charge in [0.15, 0.2) is 0 Å². The van der Waals surface area contributed by atoms with E-state index in [2.05, 4.69) is 9.80 Å². The minimum atomic E-state index is -0.284. The van der Waals surface area contributed by atoms with Gasteiger partial charge in [-0.1, -0.05) is 11.6 Å². The smallest absolute Gasteiger partial charge is 0.141 e. The Morgan fingerprint density at radius 1 is 1.13 bits per heavy atom. The fraction of sp³-hybridized carbons (Fsp3) is 0.647. The SMILES string of the molecule is COc1cc(OC)c(CN2C[C@H](O)[C@@H](N3CCCC3)C2)cc1Cl. The van der Waals surface area contributed by atoms with Crippen molar-refractivity contribution in [2.24, 2.45) is 0 Å². The van der Waals surface area contributed by atoms with Crippen LogP contribution in [0.3, 0.4) is 0 Å². The molecule has 0 radical (unpaired) electrons. The molecule has 23 heavy (non-hydrogen) atoms. The van der Waals surface area contributed by atoms with E-state index in [4.69, 9.17) is 21.1 Å². The average Bonchev–Trinajstić information content (AvgIpc) is 3.17. The van der Waals surface area contributed by atoms with Gasteiger partial charge in [0.1, 0.15) is 11.5 Å². The van der Waals surface area contributed by atoms with E-state index in [1.54, 1.807) is 14.2 Å². The van der Waals surface area contributed by atoms with Gasteiger partial charge >= 0.3 is 0 Å². The number of hydrogen-bond donors (Lipinski definition) is 1. The van der Waals surface area contributed by atoms with Crippen LogP contribution in [0.25, 0.3) is 0 Å². The summed E-state index contributed by atoms with van der Waals surface area (Å²) < 4.78 is 10.7. The number of aliphatic hydroxyl groups excluding tert-OH is 1. The molecule has 0 spiro atoms. The number of nitrogens with zero attached hydrogens (tertiary/aromatic N) is 2. The van der Waals surface area contributed by atoms with Gasteiger partial charge in [0, 0.05) is 37.3 Å². The molecule has 2 fully saturated rings. The van der Waals surface area contributed by atoms with E-state index < -0.39 is 0 Å². The molecule has 2 aliphatic rings. The van der Waals surface area contributed by atoms with Gasteiger partial charge in [-0.3, -0.25) is 9.80 Å². The molecule has 0 unspecified atom stereocenters. The van der Waals surface area contributed by atoms with Gasteiger partial charge in [0.25, 0.3) is 0 Å². The summed E-state index contributed by atoms with van der Waals surface area (Å²) in [6.45, 7) is 4.50. The molecule has 0 bridgehead atoms. The molecule has 3 rings (SSSR count). The molecule has 0 amide bonds. The lowest BCUT2D eigenvalue weighted by molar-refractivity contribution is 0.0978. The number of rotatable bonds is 5. The third-order valence-corrected chi connectivity index (χ3v) is 5.19. The highest BCUT2D eigenvalue weighted by Crippen LogP contribution is 2.34. The zero-order valence-corrected chi connectivity index (χ0v) is 14.6. The topological polar surface area (TPSA) is 45.2 Å². The Labute approximate surface area is 142 Å². The Morgan fingerprint density at radius 3 is 2.48 bits per heavy atom. The Balaban J connectivity index is 1.71. The zero-order chi connectivity index (χ0) is 16.4. The van der Waals surface area contributed by atoms with Crippen molar-refractivity contribution in [1.29, 1.82) is 0 Å². The fourth-order valence-electron chi connectivity index (χ4n) is 3.69. The van der Waals surface area contributed by atoms with Gasteiger partial charge < -0.3 is 14.6 Å². The molecule has 1 N–H and O–H groups in total. The summed E-state index contributed by atoms with van der Waals surface area (Å²) in [5.41, 5.74) is 1.02. The summed E-state index contributed by atoms with van der Waals surface area (Å²) in [6.07, 6.45) is 2.20. The highest BCUT2D eigenvalue weighted by Gasteiger charge is 2.36. The molecule has 1 aromatic carbocycles. The minimum Gasteiger partial charge on any atom is -0.496 e. The first kappa shape index (κ1) is 16.8. The summed E-state index contributed by atoms with van der Waals surface area (Å²) in [6, 6.07) is 3.97. The van der Waals surface area contributed by atoms with Crippen LogP contribution in [0.15, 0.2) is 12.1 Å². The monoisotopic (exact) mass is 340 g/mol. The van der Waals surface area contributed by atoms with Crippen LogP contribution < -0.4 is 9.47 Å². The molecule has 2 atom stereocenters. The van der Waals surface area contributed by atoms with Crippen molar-refractivity contribution in [1.82, 2.24) is 9.80 Å². The molecule has 0 aromatic heterocycles. The summed E-state index contributed by atoms with van der Waals surface area (Å²) in [7, 11) is 3.25. The van der Waals surface area contributed by atoms with E-state index in [0.717, 1.165) is 30.9 Å². The first-order chi connectivity index (χ1) is 11.1. The van der Waals surface area contributed by atoms with Crippen molar-refractivity contribution < 1.29 is 14.6 Å². The average molecular weight is 341 g/mol. The lowest BCUT2D eigenvalue weighted by atomic mass is 10.1. The number of methoxy groups -OCH3 is 2. The summed E-state index contributed by atoms with van der Waals surface area (Å²) >= 11 is 6.25. The van der Waals surface area contributed by atoms with Gasteiger partial charge in [-0.05, 0) is 32.0 Å². The Bertz CT molecular complexity index is 549. The van der Waals surface area contributed by atoms with Crippen LogP contribution in [0.5, 0.6) is 11.5 Å². The lowest BCUT2D eigenvalue weighted by Crippen LogP contribution is -2.41. The molecule has 0 aliphatic carbocycles. The maximum atomic E-state index is 10.4. The predicted molar refractivity (Wildman–Crippen MR) is 90.4 cm³/mol. The third-order valence-electron chi connectivity index (χ3n) is 4.89. The van der Waals surface area contributed by atoms with Crippen LogP contribution in [0.4, 0.5) is 0 Å². The Kier molecular flexibility index (Phi) is 5.31. The number of β-amino-alcohol motifs (C(OH)–C–C–N with tert-alkyl or cyclic N) is 1. The molecule has 128 valence electrons. The van der Waals surface area contributed by atoms with E-state index in [0.29, 0.717) is 23.9 Å². The van der Waals surface area contributed by atoms with Crippen molar-refractivity contribution in [3.63, 3.8) is 0 Å². The molecule has 5 nitrogen and oxygen atoms in total. The number of hydrogen-bond acceptors (Lipinski definition) is 5. The largest absolute Gasteiger partial charge is 0.496 e. The van der Waals surface area contributed by atoms with Crippen molar-refractivity contribution in [3.05, 3.63) is 22.7 Å². The number of benzene rings is 1. The van der Waals surface area contributed by atoms with Crippen LogP contribution in [0.2, 0.25) is 5.02 Å². The van der Waals surface area contributed by atoms with E-state index in [1.807, 2.05) is 12.1 Å². The van der Waals surface area contributed by atoms with Crippen molar-refractivity contribution in [3.8, 4) is 11.5 Å². The number of ether oxygens (including phenoxy) is 2. The van der Waals surface area contributed by atoms with Gasteiger partial charge in [-0.25, -0.2) is 0 Å². The van der Waals surface area contributed by atoms with Crippen LogP contribution in [0, 0.1) is 0 Å². The molecular formula is C17H25ClN2O3.